The van der Waals surface area contributed by atoms with Crippen LogP contribution in [-0.2, 0) is 4.74 Å². The third-order valence-electron chi connectivity index (χ3n) is 2.18. The minimum Gasteiger partial charge on any atom is -0.491 e. The van der Waals surface area contributed by atoms with Crippen molar-refractivity contribution in [3.63, 3.8) is 0 Å². The Hall–Kier alpha value is -1.06. The van der Waals surface area contributed by atoms with Crippen LogP contribution < -0.4 is 10.1 Å². The summed E-state index contributed by atoms with van der Waals surface area (Å²) in [6.07, 6.45) is 0.184. The van der Waals surface area contributed by atoms with Gasteiger partial charge in [-0.05, 0) is 12.1 Å². The molecule has 1 N–H and O–H groups in total. The lowest BCUT2D eigenvalue weighted by Crippen LogP contribution is -2.41. The molecule has 0 bridgehead atoms. The molecule has 14 heavy (non-hydrogen) atoms. The van der Waals surface area contributed by atoms with Gasteiger partial charge in [-0.25, -0.2) is 0 Å². The van der Waals surface area contributed by atoms with E-state index in [1.165, 1.54) is 0 Å². The van der Waals surface area contributed by atoms with Crippen LogP contribution >= 0.6 is 0 Å². The van der Waals surface area contributed by atoms with E-state index in [2.05, 4.69) is 5.32 Å². The normalized spacial score (nSPS) is 21.9. The van der Waals surface area contributed by atoms with Crippen molar-refractivity contribution >= 4 is 0 Å². The molecule has 1 heterocycles. The van der Waals surface area contributed by atoms with Crippen molar-refractivity contribution in [2.75, 3.05) is 26.3 Å². The minimum atomic E-state index is 0.184. The summed E-state index contributed by atoms with van der Waals surface area (Å²) < 4.78 is 11.1. The second-order valence-corrected chi connectivity index (χ2v) is 3.32. The van der Waals surface area contributed by atoms with Crippen molar-refractivity contribution in [3.8, 4) is 5.75 Å². The number of morpholine rings is 1. The van der Waals surface area contributed by atoms with Gasteiger partial charge in [-0.1, -0.05) is 18.2 Å². The second-order valence-electron chi connectivity index (χ2n) is 3.32. The quantitative estimate of drug-likeness (QED) is 0.778. The number of rotatable bonds is 3. The highest BCUT2D eigenvalue weighted by Gasteiger charge is 2.13. The van der Waals surface area contributed by atoms with Crippen LogP contribution in [0.1, 0.15) is 0 Å². The number of benzene rings is 1. The Morgan fingerprint density at radius 2 is 2.21 bits per heavy atom. The second kappa shape index (κ2) is 4.98. The molecule has 76 valence electrons. The van der Waals surface area contributed by atoms with Crippen LogP contribution in [0.15, 0.2) is 30.3 Å². The van der Waals surface area contributed by atoms with E-state index in [-0.39, 0.29) is 6.10 Å². The Morgan fingerprint density at radius 3 is 2.93 bits per heavy atom. The van der Waals surface area contributed by atoms with Crippen LogP contribution in [0, 0.1) is 0 Å². The molecule has 2 rings (SSSR count). The largest absolute Gasteiger partial charge is 0.491 e. The van der Waals surface area contributed by atoms with Crippen molar-refractivity contribution in [1.82, 2.24) is 5.32 Å². The van der Waals surface area contributed by atoms with E-state index in [1.54, 1.807) is 0 Å². The summed E-state index contributed by atoms with van der Waals surface area (Å²) in [6, 6.07) is 9.82. The SMILES string of the molecule is c1ccc(OC[C@@H]2CNCCO2)cc1. The van der Waals surface area contributed by atoms with Gasteiger partial charge in [-0.15, -0.1) is 0 Å². The van der Waals surface area contributed by atoms with Gasteiger partial charge in [-0.2, -0.15) is 0 Å². The molecule has 3 nitrogen and oxygen atoms in total. The highest BCUT2D eigenvalue weighted by molar-refractivity contribution is 5.20. The molecule has 1 aliphatic rings. The van der Waals surface area contributed by atoms with Crippen molar-refractivity contribution in [2.45, 2.75) is 6.10 Å². The Balaban J connectivity index is 1.76. The summed E-state index contributed by atoms with van der Waals surface area (Å²) in [5.74, 6) is 0.904. The van der Waals surface area contributed by atoms with Gasteiger partial charge in [0.1, 0.15) is 18.5 Å². The molecular formula is C11H15NO2. The molecule has 1 aliphatic heterocycles. The molecule has 0 amide bonds. The summed E-state index contributed by atoms with van der Waals surface area (Å²) in [7, 11) is 0. The monoisotopic (exact) mass is 193 g/mol. The maximum absolute atomic E-state index is 5.58. The molecule has 1 fully saturated rings. The van der Waals surface area contributed by atoms with E-state index in [1.807, 2.05) is 30.3 Å². The minimum absolute atomic E-state index is 0.184. The fourth-order valence-corrected chi connectivity index (χ4v) is 1.43. The van der Waals surface area contributed by atoms with Crippen LogP contribution in [-0.4, -0.2) is 32.4 Å². The molecule has 1 aromatic rings. The van der Waals surface area contributed by atoms with Crippen LogP contribution in [0.2, 0.25) is 0 Å². The average molecular weight is 193 g/mol. The van der Waals surface area contributed by atoms with Crippen molar-refractivity contribution < 1.29 is 9.47 Å². The third-order valence-corrected chi connectivity index (χ3v) is 2.18. The predicted molar refractivity (Wildman–Crippen MR) is 54.5 cm³/mol. The highest BCUT2D eigenvalue weighted by Crippen LogP contribution is 2.09. The molecule has 1 saturated heterocycles. The van der Waals surface area contributed by atoms with Crippen molar-refractivity contribution in [3.05, 3.63) is 30.3 Å². The lowest BCUT2D eigenvalue weighted by Gasteiger charge is -2.23. The Labute approximate surface area is 84.0 Å². The average Bonchev–Trinajstić information content (AvgIpc) is 2.29. The van der Waals surface area contributed by atoms with Gasteiger partial charge in [0.15, 0.2) is 0 Å². The third kappa shape index (κ3) is 2.72. The molecule has 0 unspecified atom stereocenters. The van der Waals surface area contributed by atoms with Gasteiger partial charge in [0.05, 0.1) is 6.61 Å². The molecule has 0 spiro atoms. The lowest BCUT2D eigenvalue weighted by atomic mass is 10.3. The zero-order valence-corrected chi connectivity index (χ0v) is 8.11. The molecule has 0 radical (unpaired) electrons. The summed E-state index contributed by atoms with van der Waals surface area (Å²) in [6.45, 7) is 3.23. The topological polar surface area (TPSA) is 30.5 Å². The Bertz CT molecular complexity index is 257. The first-order valence-electron chi connectivity index (χ1n) is 4.95. The van der Waals surface area contributed by atoms with Crippen molar-refractivity contribution in [1.29, 1.82) is 0 Å². The fraction of sp³-hybridized carbons (Fsp3) is 0.455. The molecular weight excluding hydrogens is 178 g/mol. The number of hydrogen-bond donors (Lipinski definition) is 1. The zero-order valence-electron chi connectivity index (χ0n) is 8.11. The van der Waals surface area contributed by atoms with Gasteiger partial charge in [0.25, 0.3) is 0 Å². The maximum Gasteiger partial charge on any atom is 0.119 e. The first-order valence-corrected chi connectivity index (χ1v) is 4.95. The lowest BCUT2D eigenvalue weighted by molar-refractivity contribution is 0.000196. The van der Waals surface area contributed by atoms with Gasteiger partial charge in [0, 0.05) is 13.1 Å². The zero-order chi connectivity index (χ0) is 9.64. The Kier molecular flexibility index (Phi) is 3.38. The summed E-state index contributed by atoms with van der Waals surface area (Å²) in [5, 5.41) is 3.27. The van der Waals surface area contributed by atoms with Gasteiger partial charge < -0.3 is 14.8 Å². The standard InChI is InChI=1S/C11H15NO2/c1-2-4-10(5-3-1)14-9-11-8-12-6-7-13-11/h1-5,11-12H,6-9H2/t11-/m0/s1. The van der Waals surface area contributed by atoms with Crippen LogP contribution in [0.4, 0.5) is 0 Å². The number of nitrogens with one attached hydrogen (secondary N) is 1. The van der Waals surface area contributed by atoms with E-state index in [4.69, 9.17) is 9.47 Å². The summed E-state index contributed by atoms with van der Waals surface area (Å²) in [5.41, 5.74) is 0. The Morgan fingerprint density at radius 1 is 1.36 bits per heavy atom. The van der Waals surface area contributed by atoms with Crippen LogP contribution in [0.5, 0.6) is 5.75 Å². The maximum atomic E-state index is 5.58. The summed E-state index contributed by atoms with van der Waals surface area (Å²) in [4.78, 5) is 0. The molecule has 1 atom stereocenters. The first kappa shape index (κ1) is 9.49. The predicted octanol–water partition coefficient (Wildman–Crippen LogP) is 1.05. The first-order chi connectivity index (χ1) is 6.95. The van der Waals surface area contributed by atoms with Gasteiger partial charge >= 0.3 is 0 Å². The van der Waals surface area contributed by atoms with E-state index in [9.17, 15) is 0 Å². The molecule has 1 aromatic carbocycles. The van der Waals surface area contributed by atoms with Crippen LogP contribution in [0.25, 0.3) is 0 Å². The van der Waals surface area contributed by atoms with E-state index >= 15 is 0 Å². The molecule has 3 heteroatoms. The van der Waals surface area contributed by atoms with E-state index in [0.717, 1.165) is 25.4 Å². The molecule has 0 saturated carbocycles. The number of hydrogen-bond acceptors (Lipinski definition) is 3. The molecule has 0 aliphatic carbocycles. The summed E-state index contributed by atoms with van der Waals surface area (Å²) >= 11 is 0. The smallest absolute Gasteiger partial charge is 0.119 e. The number of para-hydroxylation sites is 1. The van der Waals surface area contributed by atoms with E-state index in [0.29, 0.717) is 6.61 Å². The van der Waals surface area contributed by atoms with Gasteiger partial charge in [0.2, 0.25) is 0 Å². The number of ether oxygens (including phenoxy) is 2. The van der Waals surface area contributed by atoms with E-state index < -0.39 is 0 Å². The highest BCUT2D eigenvalue weighted by atomic mass is 16.5. The van der Waals surface area contributed by atoms with Crippen molar-refractivity contribution in [2.24, 2.45) is 0 Å². The van der Waals surface area contributed by atoms with Gasteiger partial charge in [-0.3, -0.25) is 0 Å². The molecule has 0 aromatic heterocycles. The fourth-order valence-electron chi connectivity index (χ4n) is 1.43. The van der Waals surface area contributed by atoms with Crippen LogP contribution in [0.3, 0.4) is 0 Å².